The van der Waals surface area contributed by atoms with E-state index in [-0.39, 0.29) is 5.63 Å². The minimum absolute atomic E-state index is 0.366. The summed E-state index contributed by atoms with van der Waals surface area (Å²) in [7, 11) is 0. The first-order valence-electron chi connectivity index (χ1n) is 16.9. The quantitative estimate of drug-likeness (QED) is 0.155. The SMILES string of the molecule is O=c1oc2ccccc2cc1-c1cn2cc(Cc3cc(Cl)ccc3Cl)sc2n1.O=c1oc2ccccc2cc1-c1cn2cc(Cc3ccc(Br)cc3)sc2n1. The van der Waals surface area contributed by atoms with Gasteiger partial charge in [0, 0.05) is 72.7 Å². The van der Waals surface area contributed by atoms with Crippen molar-refractivity contribution in [3.63, 3.8) is 0 Å². The second-order valence-corrected chi connectivity index (χ2v) is 16.7. The van der Waals surface area contributed by atoms with E-state index >= 15 is 0 Å². The van der Waals surface area contributed by atoms with Crippen LogP contribution in [0.1, 0.15) is 20.9 Å². The lowest BCUT2D eigenvalue weighted by molar-refractivity contribution is 0.563. The van der Waals surface area contributed by atoms with Gasteiger partial charge in [0.25, 0.3) is 0 Å². The third-order valence-electron chi connectivity index (χ3n) is 8.91. The molecule has 0 bridgehead atoms. The van der Waals surface area contributed by atoms with Crippen molar-refractivity contribution in [3.05, 3.63) is 184 Å². The molecule has 0 atom stereocenters. The third-order valence-corrected chi connectivity index (χ3v) is 12.0. The van der Waals surface area contributed by atoms with Crippen LogP contribution >= 0.6 is 61.8 Å². The number of hydrogen-bond donors (Lipinski definition) is 0. The molecular formula is C42H25BrCl2N4O4S2. The molecule has 0 saturated heterocycles. The van der Waals surface area contributed by atoms with Crippen LogP contribution in [0, 0.1) is 0 Å². The Bertz CT molecular complexity index is 3100. The van der Waals surface area contributed by atoms with Crippen LogP contribution in [0.15, 0.2) is 151 Å². The van der Waals surface area contributed by atoms with Gasteiger partial charge in [-0.1, -0.05) is 87.7 Å². The Morgan fingerprint density at radius 3 is 1.69 bits per heavy atom. The van der Waals surface area contributed by atoms with E-state index in [1.165, 1.54) is 10.4 Å². The Hall–Kier alpha value is -5.30. The van der Waals surface area contributed by atoms with E-state index in [0.717, 1.165) is 42.0 Å². The van der Waals surface area contributed by atoms with E-state index in [2.05, 4.69) is 44.2 Å². The van der Waals surface area contributed by atoms with Gasteiger partial charge in [-0.05, 0) is 65.7 Å². The maximum atomic E-state index is 12.4. The largest absolute Gasteiger partial charge is 0.422 e. The summed E-state index contributed by atoms with van der Waals surface area (Å²) in [6.45, 7) is 0. The number of rotatable bonds is 6. The first-order chi connectivity index (χ1) is 26.7. The molecule has 8 nitrogen and oxygen atoms in total. The van der Waals surface area contributed by atoms with Crippen molar-refractivity contribution in [2.75, 3.05) is 0 Å². The van der Waals surface area contributed by atoms with Crippen LogP contribution in [0.4, 0.5) is 0 Å². The molecule has 13 heteroatoms. The second kappa shape index (κ2) is 14.7. The lowest BCUT2D eigenvalue weighted by atomic mass is 10.1. The second-order valence-electron chi connectivity index (χ2n) is 12.7. The lowest BCUT2D eigenvalue weighted by Crippen LogP contribution is -2.02. The van der Waals surface area contributed by atoms with Crippen LogP contribution in [-0.2, 0) is 12.8 Å². The van der Waals surface area contributed by atoms with Gasteiger partial charge in [0.1, 0.15) is 11.2 Å². The average Bonchev–Trinajstić information content (AvgIpc) is 3.94. The highest BCUT2D eigenvalue weighted by Crippen LogP contribution is 2.30. The number of nitrogens with zero attached hydrogens (tertiary/aromatic N) is 4. The summed E-state index contributed by atoms with van der Waals surface area (Å²) >= 11 is 19.0. The molecule has 6 aromatic heterocycles. The summed E-state index contributed by atoms with van der Waals surface area (Å²) in [5.74, 6) is 0. The molecule has 0 N–H and O–H groups in total. The zero-order valence-corrected chi connectivity index (χ0v) is 33.1. The summed E-state index contributed by atoms with van der Waals surface area (Å²) in [5.41, 5.74) is 4.78. The Balaban J connectivity index is 0.000000144. The van der Waals surface area contributed by atoms with Crippen molar-refractivity contribution >= 4 is 93.7 Å². The molecular weight excluding hydrogens is 839 g/mol. The van der Waals surface area contributed by atoms with Gasteiger partial charge in [-0.2, -0.15) is 0 Å². The van der Waals surface area contributed by atoms with Crippen LogP contribution in [0.5, 0.6) is 0 Å². The summed E-state index contributed by atoms with van der Waals surface area (Å²) in [4.78, 5) is 38.0. The molecule has 0 amide bonds. The first kappa shape index (κ1) is 35.4. The van der Waals surface area contributed by atoms with E-state index in [0.29, 0.717) is 50.1 Å². The topological polar surface area (TPSA) is 95.0 Å². The van der Waals surface area contributed by atoms with Crippen molar-refractivity contribution in [1.29, 1.82) is 0 Å². The third kappa shape index (κ3) is 7.41. The van der Waals surface area contributed by atoms with Gasteiger partial charge >= 0.3 is 11.3 Å². The van der Waals surface area contributed by atoms with Crippen LogP contribution in [0.3, 0.4) is 0 Å². The van der Waals surface area contributed by atoms with Gasteiger partial charge < -0.3 is 8.83 Å². The van der Waals surface area contributed by atoms with E-state index in [4.69, 9.17) is 32.0 Å². The standard InChI is InChI=1S/C21H13BrN2O2S.C21H12Cl2N2O2S/c22-15-7-5-13(6-8-15)9-16-11-24-12-18(23-21(24)27-16)17-10-14-3-1-2-4-19(14)26-20(17)25;22-14-5-6-17(23)13(7-14)8-15-10-25-11-18(24-21(25)28-15)16-9-12-3-1-2-4-19(12)27-20(16)26/h1-8,10-12H,9H2;1-7,9-11H,8H2. The molecule has 0 aliphatic heterocycles. The predicted octanol–water partition coefficient (Wildman–Crippen LogP) is 11.6. The van der Waals surface area contributed by atoms with E-state index in [1.807, 2.05) is 94.1 Å². The number of imidazole rings is 2. The number of hydrogen-bond acceptors (Lipinski definition) is 8. The molecule has 10 rings (SSSR count). The smallest absolute Gasteiger partial charge is 0.345 e. The molecule has 55 heavy (non-hydrogen) atoms. The van der Waals surface area contributed by atoms with Crippen LogP contribution in [0.25, 0.3) is 54.4 Å². The highest BCUT2D eigenvalue weighted by atomic mass is 79.9. The fraction of sp³-hybridized carbons (Fsp3) is 0.0476. The van der Waals surface area contributed by atoms with Crippen LogP contribution < -0.4 is 11.3 Å². The molecule has 0 aliphatic rings. The van der Waals surface area contributed by atoms with Crippen LogP contribution in [0.2, 0.25) is 10.0 Å². The average molecular weight is 865 g/mol. The molecule has 0 fully saturated rings. The number of thiazole rings is 2. The van der Waals surface area contributed by atoms with Gasteiger partial charge in [-0.3, -0.25) is 8.80 Å². The van der Waals surface area contributed by atoms with Crippen molar-refractivity contribution in [2.45, 2.75) is 12.8 Å². The molecule has 4 aromatic carbocycles. The molecule has 10 aromatic rings. The predicted molar refractivity (Wildman–Crippen MR) is 225 cm³/mol. The van der Waals surface area contributed by atoms with Crippen molar-refractivity contribution in [2.24, 2.45) is 0 Å². The van der Waals surface area contributed by atoms with Crippen LogP contribution in [-0.4, -0.2) is 18.8 Å². The summed E-state index contributed by atoms with van der Waals surface area (Å²) in [6, 6.07) is 32.4. The number of aromatic nitrogens is 4. The maximum absolute atomic E-state index is 12.4. The fourth-order valence-electron chi connectivity index (χ4n) is 6.26. The zero-order valence-electron chi connectivity index (χ0n) is 28.4. The molecule has 0 radical (unpaired) electrons. The minimum atomic E-state index is -0.393. The van der Waals surface area contributed by atoms with Gasteiger partial charge in [-0.15, -0.1) is 22.7 Å². The molecule has 0 spiro atoms. The monoisotopic (exact) mass is 862 g/mol. The van der Waals surface area contributed by atoms with Crippen molar-refractivity contribution < 1.29 is 8.83 Å². The molecule has 0 saturated carbocycles. The highest BCUT2D eigenvalue weighted by molar-refractivity contribution is 9.10. The number of para-hydroxylation sites is 2. The Morgan fingerprint density at radius 2 is 1.15 bits per heavy atom. The minimum Gasteiger partial charge on any atom is -0.422 e. The lowest BCUT2D eigenvalue weighted by Gasteiger charge is -2.02. The maximum Gasteiger partial charge on any atom is 0.345 e. The summed E-state index contributed by atoms with van der Waals surface area (Å²) in [6.07, 6.45) is 9.32. The highest BCUT2D eigenvalue weighted by Gasteiger charge is 2.16. The molecule has 0 unspecified atom stereocenters. The number of benzene rings is 4. The van der Waals surface area contributed by atoms with E-state index in [1.54, 1.807) is 46.9 Å². The molecule has 6 heterocycles. The van der Waals surface area contributed by atoms with Gasteiger partial charge in [0.05, 0.1) is 22.5 Å². The number of fused-ring (bicyclic) bond motifs is 4. The van der Waals surface area contributed by atoms with E-state index < -0.39 is 5.63 Å². The fourth-order valence-corrected chi connectivity index (χ4v) is 8.88. The molecule has 0 aliphatic carbocycles. The molecule has 270 valence electrons. The van der Waals surface area contributed by atoms with Gasteiger partial charge in [0.2, 0.25) is 0 Å². The van der Waals surface area contributed by atoms with Gasteiger partial charge in [-0.25, -0.2) is 19.6 Å². The normalized spacial score (nSPS) is 11.5. The van der Waals surface area contributed by atoms with E-state index in [9.17, 15) is 9.59 Å². The zero-order chi connectivity index (χ0) is 37.6. The first-order valence-corrected chi connectivity index (χ1v) is 20.1. The van der Waals surface area contributed by atoms with Crippen molar-refractivity contribution in [3.8, 4) is 22.5 Å². The summed E-state index contributed by atoms with van der Waals surface area (Å²) < 4.78 is 15.8. The Labute approximate surface area is 338 Å². The Morgan fingerprint density at radius 1 is 0.618 bits per heavy atom. The Kier molecular flexibility index (Phi) is 9.49. The van der Waals surface area contributed by atoms with Crippen molar-refractivity contribution in [1.82, 2.24) is 18.8 Å². The number of halogens is 3. The summed E-state index contributed by atoms with van der Waals surface area (Å²) in [5, 5.41) is 3.10. The van der Waals surface area contributed by atoms with Gasteiger partial charge in [0.15, 0.2) is 9.92 Å².